The summed E-state index contributed by atoms with van der Waals surface area (Å²) in [5.41, 5.74) is -0.111. The number of aromatic nitrogens is 3. The molecule has 1 unspecified atom stereocenters. The van der Waals surface area contributed by atoms with E-state index in [0.29, 0.717) is 29.1 Å². The summed E-state index contributed by atoms with van der Waals surface area (Å²) in [5.74, 6) is -4.13. The van der Waals surface area contributed by atoms with Gasteiger partial charge in [-0.15, -0.1) is 0 Å². The summed E-state index contributed by atoms with van der Waals surface area (Å²) in [7, 11) is 0. The molecular weight excluding hydrogens is 431 g/mol. The average Bonchev–Trinajstić information content (AvgIpc) is 2.83. The van der Waals surface area contributed by atoms with Gasteiger partial charge in [-0.2, -0.15) is 5.26 Å². The third kappa shape index (κ3) is 4.16. The topological polar surface area (TPSA) is 82.8 Å². The lowest BCUT2D eigenvalue weighted by atomic mass is 9.67. The normalized spacial score (nSPS) is 16.2. The van der Waals surface area contributed by atoms with Gasteiger partial charge in [0.1, 0.15) is 29.5 Å². The number of amides is 1. The predicted molar refractivity (Wildman–Crippen MR) is 113 cm³/mol. The van der Waals surface area contributed by atoms with Crippen molar-refractivity contribution >= 4 is 5.91 Å². The molecule has 1 amide bonds. The first-order valence-electron chi connectivity index (χ1n) is 10.4. The maximum Gasteiger partial charge on any atom is 0.256 e. The van der Waals surface area contributed by atoms with E-state index in [9.17, 15) is 23.2 Å². The van der Waals surface area contributed by atoms with E-state index in [0.717, 1.165) is 0 Å². The molecule has 3 heterocycles. The molecule has 1 saturated heterocycles. The molecule has 0 radical (unpaired) electrons. The van der Waals surface area contributed by atoms with Crippen LogP contribution >= 0.6 is 0 Å². The van der Waals surface area contributed by atoms with Crippen LogP contribution in [-0.4, -0.2) is 38.8 Å². The van der Waals surface area contributed by atoms with Crippen molar-refractivity contribution < 1.29 is 18.0 Å². The van der Waals surface area contributed by atoms with Crippen LogP contribution in [-0.2, 0) is 0 Å². The van der Waals surface area contributed by atoms with E-state index < -0.39 is 28.8 Å². The number of benzene rings is 1. The fourth-order valence-electron chi connectivity index (χ4n) is 4.38. The number of carbonyl (C=O) groups is 1. The molecule has 33 heavy (non-hydrogen) atoms. The lowest BCUT2D eigenvalue weighted by molar-refractivity contribution is 0.0620. The van der Waals surface area contributed by atoms with E-state index >= 15 is 0 Å². The van der Waals surface area contributed by atoms with Gasteiger partial charge in [-0.3, -0.25) is 9.78 Å². The standard InChI is InChI=1S/C24H20F3N5O/c1-15(21-18(26)11-16(25)12-19(21)27)24(13-28)5-9-32(10-6-24)23(33)17-3-2-7-30-22(17)20-4-8-29-14-31-20/h2-4,7-8,11-12,14-15H,5-6,9-10H2,1H3. The molecule has 1 fully saturated rings. The van der Waals surface area contributed by atoms with Crippen molar-refractivity contribution in [1.29, 1.82) is 5.26 Å². The first-order chi connectivity index (χ1) is 15.9. The lowest BCUT2D eigenvalue weighted by Crippen LogP contribution is -2.45. The second-order valence-electron chi connectivity index (χ2n) is 8.06. The van der Waals surface area contributed by atoms with Crippen LogP contribution in [0.4, 0.5) is 13.2 Å². The van der Waals surface area contributed by atoms with Gasteiger partial charge < -0.3 is 4.90 Å². The molecule has 0 N–H and O–H groups in total. The van der Waals surface area contributed by atoms with Gasteiger partial charge in [-0.25, -0.2) is 23.1 Å². The van der Waals surface area contributed by atoms with Crippen molar-refractivity contribution in [2.45, 2.75) is 25.7 Å². The highest BCUT2D eigenvalue weighted by Gasteiger charge is 2.43. The summed E-state index contributed by atoms with van der Waals surface area (Å²) in [5, 5.41) is 9.95. The van der Waals surface area contributed by atoms with Gasteiger partial charge in [0.25, 0.3) is 5.91 Å². The van der Waals surface area contributed by atoms with Crippen LogP contribution in [0.1, 0.15) is 41.6 Å². The van der Waals surface area contributed by atoms with E-state index in [1.54, 1.807) is 42.4 Å². The minimum atomic E-state index is -1.10. The quantitative estimate of drug-likeness (QED) is 0.583. The second-order valence-corrected chi connectivity index (χ2v) is 8.06. The van der Waals surface area contributed by atoms with Crippen LogP contribution in [0, 0.1) is 34.2 Å². The number of carbonyl (C=O) groups excluding carboxylic acids is 1. The number of pyridine rings is 1. The predicted octanol–water partition coefficient (Wildman–Crippen LogP) is 4.51. The van der Waals surface area contributed by atoms with Gasteiger partial charge in [0.05, 0.1) is 22.7 Å². The molecule has 3 aromatic rings. The zero-order chi connectivity index (χ0) is 23.6. The Morgan fingerprint density at radius 3 is 2.42 bits per heavy atom. The highest BCUT2D eigenvalue weighted by molar-refractivity contribution is 5.99. The Balaban J connectivity index is 1.57. The molecule has 0 spiro atoms. The van der Waals surface area contributed by atoms with E-state index in [1.165, 1.54) is 6.33 Å². The highest BCUT2D eigenvalue weighted by Crippen LogP contribution is 2.45. The maximum atomic E-state index is 14.4. The molecule has 0 bridgehead atoms. The van der Waals surface area contributed by atoms with Gasteiger partial charge in [0, 0.05) is 49.1 Å². The number of piperidine rings is 1. The summed E-state index contributed by atoms with van der Waals surface area (Å²) in [6.45, 7) is 2.01. The van der Waals surface area contributed by atoms with E-state index in [4.69, 9.17) is 0 Å². The molecule has 1 atom stereocenters. The highest BCUT2D eigenvalue weighted by atomic mass is 19.1. The third-order valence-electron chi connectivity index (χ3n) is 6.33. The van der Waals surface area contributed by atoms with Crippen molar-refractivity contribution in [3.63, 3.8) is 0 Å². The van der Waals surface area contributed by atoms with Crippen LogP contribution in [0.2, 0.25) is 0 Å². The Labute approximate surface area is 188 Å². The lowest BCUT2D eigenvalue weighted by Gasteiger charge is -2.41. The van der Waals surface area contributed by atoms with Crippen molar-refractivity contribution in [3.05, 3.63) is 77.6 Å². The Kier molecular flexibility index (Phi) is 6.09. The fraction of sp³-hybridized carbons (Fsp3) is 0.292. The van der Waals surface area contributed by atoms with Crippen LogP contribution in [0.3, 0.4) is 0 Å². The van der Waals surface area contributed by atoms with E-state index in [1.807, 2.05) is 0 Å². The van der Waals surface area contributed by atoms with Gasteiger partial charge in [0.15, 0.2) is 0 Å². The van der Waals surface area contributed by atoms with Crippen LogP contribution in [0.5, 0.6) is 0 Å². The minimum absolute atomic E-state index is 0.218. The minimum Gasteiger partial charge on any atom is -0.338 e. The van der Waals surface area contributed by atoms with Crippen molar-refractivity contribution in [1.82, 2.24) is 19.9 Å². The first-order valence-corrected chi connectivity index (χ1v) is 10.4. The van der Waals surface area contributed by atoms with Crippen LogP contribution < -0.4 is 0 Å². The fourth-order valence-corrected chi connectivity index (χ4v) is 4.38. The monoisotopic (exact) mass is 451 g/mol. The Morgan fingerprint density at radius 1 is 1.12 bits per heavy atom. The van der Waals surface area contributed by atoms with Crippen molar-refractivity contribution in [3.8, 4) is 17.5 Å². The van der Waals surface area contributed by atoms with Gasteiger partial charge in [0.2, 0.25) is 0 Å². The first kappa shape index (κ1) is 22.4. The largest absolute Gasteiger partial charge is 0.338 e. The zero-order valence-corrected chi connectivity index (χ0v) is 17.8. The molecule has 168 valence electrons. The summed E-state index contributed by atoms with van der Waals surface area (Å²) >= 11 is 0. The molecule has 2 aromatic heterocycles. The second kappa shape index (κ2) is 8.98. The SMILES string of the molecule is CC(c1c(F)cc(F)cc1F)C1(C#N)CCN(C(=O)c2cccnc2-c2ccncn2)CC1. The number of likely N-dealkylation sites (tertiary alicyclic amines) is 1. The van der Waals surface area contributed by atoms with Gasteiger partial charge in [-0.05, 0) is 31.0 Å². The average molecular weight is 451 g/mol. The maximum absolute atomic E-state index is 14.4. The number of nitriles is 1. The zero-order valence-electron chi connectivity index (χ0n) is 17.8. The molecule has 4 rings (SSSR count). The van der Waals surface area contributed by atoms with Crippen molar-refractivity contribution in [2.75, 3.05) is 13.1 Å². The summed E-state index contributed by atoms with van der Waals surface area (Å²) < 4.78 is 42.1. The smallest absolute Gasteiger partial charge is 0.256 e. The third-order valence-corrected chi connectivity index (χ3v) is 6.33. The summed E-state index contributed by atoms with van der Waals surface area (Å²) in [6, 6.07) is 8.44. The summed E-state index contributed by atoms with van der Waals surface area (Å²) in [6.07, 6.45) is 4.93. The number of nitrogens with zero attached hydrogens (tertiary/aromatic N) is 5. The molecule has 9 heteroatoms. The number of rotatable bonds is 4. The number of hydrogen-bond acceptors (Lipinski definition) is 5. The summed E-state index contributed by atoms with van der Waals surface area (Å²) in [4.78, 5) is 27.2. The number of halogens is 3. The number of hydrogen-bond donors (Lipinski definition) is 0. The van der Waals surface area contributed by atoms with Crippen molar-refractivity contribution in [2.24, 2.45) is 5.41 Å². The van der Waals surface area contributed by atoms with E-state index in [-0.39, 0.29) is 37.4 Å². The Hall–Kier alpha value is -3.80. The molecule has 0 saturated carbocycles. The van der Waals surface area contributed by atoms with Crippen LogP contribution in [0.25, 0.3) is 11.4 Å². The molecule has 6 nitrogen and oxygen atoms in total. The van der Waals surface area contributed by atoms with Gasteiger partial charge >= 0.3 is 0 Å². The molecule has 1 aliphatic heterocycles. The molecule has 0 aliphatic carbocycles. The van der Waals surface area contributed by atoms with Gasteiger partial charge in [-0.1, -0.05) is 6.92 Å². The molecule has 1 aromatic carbocycles. The Bertz CT molecular complexity index is 1200. The molecular formula is C24H20F3N5O. The Morgan fingerprint density at radius 2 is 1.82 bits per heavy atom. The molecule has 1 aliphatic rings. The van der Waals surface area contributed by atoms with Crippen LogP contribution in [0.15, 0.2) is 49.1 Å². The van der Waals surface area contributed by atoms with E-state index in [2.05, 4.69) is 21.0 Å².